The second-order valence-corrected chi connectivity index (χ2v) is 6.88. The molecule has 0 fully saturated rings. The third kappa shape index (κ3) is 3.18. The van der Waals surface area contributed by atoms with E-state index < -0.39 is 5.97 Å². The van der Waals surface area contributed by atoms with Gasteiger partial charge in [0, 0.05) is 49.1 Å². The van der Waals surface area contributed by atoms with E-state index in [0.29, 0.717) is 5.82 Å². The molecular weight excluding hydrogens is 340 g/mol. The van der Waals surface area contributed by atoms with Gasteiger partial charge in [0.2, 0.25) is 0 Å². The normalized spacial score (nSPS) is 13.9. The van der Waals surface area contributed by atoms with Gasteiger partial charge in [0.05, 0.1) is 5.69 Å². The molecule has 0 spiro atoms. The molecule has 1 aromatic carbocycles. The highest BCUT2D eigenvalue weighted by molar-refractivity contribution is 5.93. The highest BCUT2D eigenvalue weighted by Crippen LogP contribution is 2.29. The number of aromatic nitrogens is 3. The Balaban J connectivity index is 1.69. The van der Waals surface area contributed by atoms with Gasteiger partial charge in [0.25, 0.3) is 0 Å². The molecule has 6 nitrogen and oxygen atoms in total. The first kappa shape index (κ1) is 17.3. The number of carbonyl (C=O) groups is 1. The lowest BCUT2D eigenvalue weighted by atomic mass is 10.0. The molecule has 0 amide bonds. The van der Waals surface area contributed by atoms with Crippen LogP contribution in [0.1, 0.15) is 27.3 Å². The lowest BCUT2D eigenvalue weighted by Gasteiger charge is -2.23. The fraction of sp³-hybridized carbons (Fsp3) is 0.286. The van der Waals surface area contributed by atoms with Crippen LogP contribution in [0.2, 0.25) is 0 Å². The predicted octanol–water partition coefficient (Wildman–Crippen LogP) is 3.09. The number of hydrogen-bond acceptors (Lipinski definition) is 4. The van der Waals surface area contributed by atoms with Crippen LogP contribution in [0, 0.1) is 6.92 Å². The minimum atomic E-state index is -0.939. The van der Waals surface area contributed by atoms with Crippen molar-refractivity contribution in [1.82, 2.24) is 14.8 Å². The van der Waals surface area contributed by atoms with E-state index in [2.05, 4.69) is 22.0 Å². The Morgan fingerprint density at radius 1 is 1.07 bits per heavy atom. The Morgan fingerprint density at radius 3 is 2.56 bits per heavy atom. The van der Waals surface area contributed by atoms with E-state index >= 15 is 0 Å². The number of rotatable bonds is 3. The van der Waals surface area contributed by atoms with Crippen molar-refractivity contribution in [3.05, 3.63) is 65.0 Å². The van der Waals surface area contributed by atoms with Crippen LogP contribution in [0.3, 0.4) is 0 Å². The number of aromatic carboxylic acids is 1. The lowest BCUT2D eigenvalue weighted by molar-refractivity contribution is 0.0697. The zero-order valence-corrected chi connectivity index (χ0v) is 15.5. The molecule has 0 atom stereocenters. The molecule has 138 valence electrons. The molecule has 0 radical (unpaired) electrons. The maximum absolute atomic E-state index is 11.6. The predicted molar refractivity (Wildman–Crippen MR) is 104 cm³/mol. The van der Waals surface area contributed by atoms with Gasteiger partial charge in [0.15, 0.2) is 0 Å². The summed E-state index contributed by atoms with van der Waals surface area (Å²) in [6, 6.07) is 13.6. The van der Waals surface area contributed by atoms with Gasteiger partial charge in [-0.3, -0.25) is 4.68 Å². The van der Waals surface area contributed by atoms with Crippen LogP contribution < -0.4 is 4.90 Å². The molecule has 1 aliphatic rings. The molecule has 2 aromatic heterocycles. The molecule has 4 rings (SSSR count). The van der Waals surface area contributed by atoms with Crippen LogP contribution in [0.4, 0.5) is 5.82 Å². The number of benzene rings is 1. The summed E-state index contributed by atoms with van der Waals surface area (Å²) in [5, 5.41) is 14.3. The standard InChI is InChI=1S/C21H22N4O2/c1-14-8-9-17(21(26)27)20(22-14)25-12-10-16-18(11-13-25)24(2)23-19(16)15-6-4-3-5-7-15/h3-9H,10-13H2,1-2H3,(H,26,27). The minimum absolute atomic E-state index is 0.257. The zero-order valence-electron chi connectivity index (χ0n) is 15.5. The Bertz CT molecular complexity index is 995. The minimum Gasteiger partial charge on any atom is -0.478 e. The molecule has 6 heteroatoms. The topological polar surface area (TPSA) is 71.2 Å². The first-order valence-electron chi connectivity index (χ1n) is 9.10. The van der Waals surface area contributed by atoms with Crippen molar-refractivity contribution in [2.75, 3.05) is 18.0 Å². The quantitative estimate of drug-likeness (QED) is 0.775. The van der Waals surface area contributed by atoms with Crippen molar-refractivity contribution in [3.63, 3.8) is 0 Å². The Hall–Kier alpha value is -3.15. The number of nitrogens with zero attached hydrogens (tertiary/aromatic N) is 4. The van der Waals surface area contributed by atoms with Crippen LogP contribution in [0.15, 0.2) is 42.5 Å². The summed E-state index contributed by atoms with van der Waals surface area (Å²) in [4.78, 5) is 18.3. The highest BCUT2D eigenvalue weighted by Gasteiger charge is 2.25. The van der Waals surface area contributed by atoms with E-state index in [0.717, 1.165) is 42.9 Å². The summed E-state index contributed by atoms with van der Waals surface area (Å²) < 4.78 is 1.96. The monoisotopic (exact) mass is 362 g/mol. The van der Waals surface area contributed by atoms with E-state index in [4.69, 9.17) is 5.10 Å². The third-order valence-electron chi connectivity index (χ3n) is 5.12. The fourth-order valence-corrected chi connectivity index (χ4v) is 3.77. The van der Waals surface area contributed by atoms with Crippen LogP contribution in [0.5, 0.6) is 0 Å². The molecule has 27 heavy (non-hydrogen) atoms. The van der Waals surface area contributed by atoms with E-state index in [9.17, 15) is 9.90 Å². The van der Waals surface area contributed by atoms with E-state index in [1.807, 2.05) is 36.9 Å². The number of carboxylic acid groups (broad SMARTS) is 1. The molecule has 0 saturated heterocycles. The van der Waals surface area contributed by atoms with Crippen molar-refractivity contribution in [1.29, 1.82) is 0 Å². The smallest absolute Gasteiger partial charge is 0.339 e. The number of pyridine rings is 1. The molecule has 0 aliphatic carbocycles. The van der Waals surface area contributed by atoms with Gasteiger partial charge in [-0.15, -0.1) is 0 Å². The van der Waals surface area contributed by atoms with Crippen LogP contribution >= 0.6 is 0 Å². The summed E-state index contributed by atoms with van der Waals surface area (Å²) in [5.41, 5.74) is 5.67. The second kappa shape index (κ2) is 6.87. The van der Waals surface area contributed by atoms with Crippen molar-refractivity contribution < 1.29 is 9.90 Å². The first-order valence-corrected chi connectivity index (χ1v) is 9.10. The van der Waals surface area contributed by atoms with Gasteiger partial charge in [-0.1, -0.05) is 30.3 Å². The largest absolute Gasteiger partial charge is 0.478 e. The number of aryl methyl sites for hydroxylation is 2. The maximum Gasteiger partial charge on any atom is 0.339 e. The third-order valence-corrected chi connectivity index (χ3v) is 5.12. The average molecular weight is 362 g/mol. The van der Waals surface area contributed by atoms with Crippen LogP contribution in [-0.2, 0) is 19.9 Å². The van der Waals surface area contributed by atoms with Gasteiger partial charge in [-0.2, -0.15) is 5.10 Å². The molecule has 0 unspecified atom stereocenters. The molecule has 3 heterocycles. The zero-order chi connectivity index (χ0) is 19.0. The van der Waals surface area contributed by atoms with Gasteiger partial charge in [0.1, 0.15) is 11.4 Å². The maximum atomic E-state index is 11.6. The summed E-state index contributed by atoms with van der Waals surface area (Å²) in [7, 11) is 1.98. The van der Waals surface area contributed by atoms with E-state index in [-0.39, 0.29) is 5.56 Å². The van der Waals surface area contributed by atoms with Gasteiger partial charge >= 0.3 is 5.97 Å². The van der Waals surface area contributed by atoms with Gasteiger partial charge < -0.3 is 10.0 Å². The van der Waals surface area contributed by atoms with E-state index in [1.54, 1.807) is 12.1 Å². The average Bonchev–Trinajstić information content (AvgIpc) is 2.84. The van der Waals surface area contributed by atoms with Crippen LogP contribution in [0.25, 0.3) is 11.3 Å². The number of carboxylic acids is 1. The summed E-state index contributed by atoms with van der Waals surface area (Å²) in [5.74, 6) is -0.379. The second-order valence-electron chi connectivity index (χ2n) is 6.88. The van der Waals surface area contributed by atoms with Crippen LogP contribution in [-0.4, -0.2) is 38.9 Å². The number of anilines is 1. The Labute approximate surface area is 158 Å². The number of fused-ring (bicyclic) bond motifs is 1. The fourth-order valence-electron chi connectivity index (χ4n) is 3.77. The summed E-state index contributed by atoms with van der Waals surface area (Å²) in [6.07, 6.45) is 1.61. The van der Waals surface area contributed by atoms with Crippen molar-refractivity contribution in [3.8, 4) is 11.3 Å². The van der Waals surface area contributed by atoms with Gasteiger partial charge in [-0.25, -0.2) is 9.78 Å². The molecule has 0 saturated carbocycles. The van der Waals surface area contributed by atoms with Crippen molar-refractivity contribution >= 4 is 11.8 Å². The SMILES string of the molecule is Cc1ccc(C(=O)O)c(N2CCc3c(-c4ccccc4)nn(C)c3CC2)n1. The summed E-state index contributed by atoms with van der Waals surface area (Å²) in [6.45, 7) is 3.33. The number of hydrogen-bond donors (Lipinski definition) is 1. The van der Waals surface area contributed by atoms with Crippen molar-refractivity contribution in [2.45, 2.75) is 19.8 Å². The molecule has 1 N–H and O–H groups in total. The lowest BCUT2D eigenvalue weighted by Crippen LogP contribution is -2.29. The Morgan fingerprint density at radius 2 is 1.81 bits per heavy atom. The Kier molecular flexibility index (Phi) is 4.39. The van der Waals surface area contributed by atoms with Gasteiger partial charge in [-0.05, 0) is 25.5 Å². The van der Waals surface area contributed by atoms with Crippen molar-refractivity contribution in [2.24, 2.45) is 7.05 Å². The summed E-state index contributed by atoms with van der Waals surface area (Å²) >= 11 is 0. The highest BCUT2D eigenvalue weighted by atomic mass is 16.4. The molecule has 0 bridgehead atoms. The molecular formula is C21H22N4O2. The van der Waals surface area contributed by atoms with E-state index in [1.165, 1.54) is 11.3 Å². The first-order chi connectivity index (χ1) is 13.0. The molecule has 1 aliphatic heterocycles. The molecule has 3 aromatic rings.